The van der Waals surface area contributed by atoms with Crippen molar-refractivity contribution in [2.75, 3.05) is 6.54 Å². The standard InChI is InChI=1S/C12H11F4NO2/c13-10-5-6-17(11(10)18)7-8-1-3-9(4-2-8)19-12(14,15)16/h1-4,10H,5-7H2. The number of alkyl halides is 4. The van der Waals surface area contributed by atoms with Gasteiger partial charge in [-0.1, -0.05) is 12.1 Å². The fraction of sp³-hybridized carbons (Fsp3) is 0.417. The normalized spacial score (nSPS) is 19.9. The summed E-state index contributed by atoms with van der Waals surface area (Å²) in [6.45, 7) is 0.506. The number of benzene rings is 1. The van der Waals surface area contributed by atoms with Gasteiger partial charge in [0.05, 0.1) is 0 Å². The van der Waals surface area contributed by atoms with Gasteiger partial charge < -0.3 is 9.64 Å². The van der Waals surface area contributed by atoms with Gasteiger partial charge in [0.15, 0.2) is 6.17 Å². The zero-order chi connectivity index (χ0) is 14.0. The average molecular weight is 277 g/mol. The number of likely N-dealkylation sites (tertiary alicyclic amines) is 1. The minimum atomic E-state index is -4.73. The van der Waals surface area contributed by atoms with Gasteiger partial charge in [-0.2, -0.15) is 0 Å². The largest absolute Gasteiger partial charge is 0.573 e. The monoisotopic (exact) mass is 277 g/mol. The molecule has 1 fully saturated rings. The van der Waals surface area contributed by atoms with Crippen molar-refractivity contribution < 1.29 is 27.1 Å². The van der Waals surface area contributed by atoms with Crippen molar-refractivity contribution >= 4 is 5.91 Å². The maximum Gasteiger partial charge on any atom is 0.573 e. The molecule has 19 heavy (non-hydrogen) atoms. The van der Waals surface area contributed by atoms with E-state index < -0.39 is 18.4 Å². The van der Waals surface area contributed by atoms with Crippen molar-refractivity contribution in [1.82, 2.24) is 4.90 Å². The Bertz CT molecular complexity index is 458. The quantitative estimate of drug-likeness (QED) is 0.795. The number of amides is 1. The fourth-order valence-corrected chi connectivity index (χ4v) is 1.87. The second-order valence-corrected chi connectivity index (χ2v) is 4.21. The van der Waals surface area contributed by atoms with E-state index in [1.54, 1.807) is 0 Å². The molecule has 3 nitrogen and oxygen atoms in total. The summed E-state index contributed by atoms with van der Waals surface area (Å²) in [6, 6.07) is 5.16. The summed E-state index contributed by atoms with van der Waals surface area (Å²) in [4.78, 5) is 12.7. The van der Waals surface area contributed by atoms with Crippen LogP contribution in [0.2, 0.25) is 0 Å². The number of nitrogens with zero attached hydrogens (tertiary/aromatic N) is 1. The SMILES string of the molecule is O=C1C(F)CCN1Cc1ccc(OC(F)(F)F)cc1. The number of carbonyl (C=O) groups excluding carboxylic acids is 1. The predicted octanol–water partition coefficient (Wildman–Crippen LogP) is 2.66. The highest BCUT2D eigenvalue weighted by atomic mass is 19.4. The van der Waals surface area contributed by atoms with Gasteiger partial charge in [0.2, 0.25) is 0 Å². The first-order valence-electron chi connectivity index (χ1n) is 5.63. The molecule has 1 heterocycles. The lowest BCUT2D eigenvalue weighted by Crippen LogP contribution is -2.27. The van der Waals surface area contributed by atoms with Crippen molar-refractivity contribution in [3.05, 3.63) is 29.8 Å². The Morgan fingerprint density at radius 1 is 1.26 bits per heavy atom. The van der Waals surface area contributed by atoms with Gasteiger partial charge in [0.25, 0.3) is 5.91 Å². The minimum absolute atomic E-state index is 0.161. The third kappa shape index (κ3) is 3.59. The molecule has 0 aromatic heterocycles. The average Bonchev–Trinajstić information content (AvgIpc) is 2.62. The van der Waals surface area contributed by atoms with Gasteiger partial charge in [-0.25, -0.2) is 4.39 Å². The maximum atomic E-state index is 13.0. The number of rotatable bonds is 3. The second kappa shape index (κ2) is 5.07. The molecule has 0 saturated carbocycles. The lowest BCUT2D eigenvalue weighted by Gasteiger charge is -2.16. The van der Waals surface area contributed by atoms with Crippen LogP contribution in [0.25, 0.3) is 0 Å². The van der Waals surface area contributed by atoms with E-state index in [0.29, 0.717) is 12.1 Å². The van der Waals surface area contributed by atoms with Gasteiger partial charge >= 0.3 is 6.36 Å². The van der Waals surface area contributed by atoms with Gasteiger partial charge in [0, 0.05) is 19.5 Å². The van der Waals surface area contributed by atoms with E-state index in [4.69, 9.17) is 0 Å². The molecule has 1 atom stereocenters. The molecular weight excluding hydrogens is 266 g/mol. The first-order valence-corrected chi connectivity index (χ1v) is 5.63. The van der Waals surface area contributed by atoms with Crippen molar-refractivity contribution in [2.45, 2.75) is 25.5 Å². The first-order chi connectivity index (χ1) is 8.85. The van der Waals surface area contributed by atoms with E-state index in [1.165, 1.54) is 17.0 Å². The van der Waals surface area contributed by atoms with Crippen LogP contribution in [0.5, 0.6) is 5.75 Å². The molecule has 0 radical (unpaired) electrons. The van der Waals surface area contributed by atoms with Crippen LogP contribution in [0.3, 0.4) is 0 Å². The zero-order valence-corrected chi connectivity index (χ0v) is 9.78. The van der Waals surface area contributed by atoms with Crippen LogP contribution >= 0.6 is 0 Å². The third-order valence-corrected chi connectivity index (χ3v) is 2.76. The smallest absolute Gasteiger partial charge is 0.406 e. The van der Waals surface area contributed by atoms with Crippen LogP contribution in [0.4, 0.5) is 17.6 Å². The summed E-state index contributed by atoms with van der Waals surface area (Å²) >= 11 is 0. The van der Waals surface area contributed by atoms with Crippen LogP contribution in [0.15, 0.2) is 24.3 Å². The highest BCUT2D eigenvalue weighted by molar-refractivity contribution is 5.82. The van der Waals surface area contributed by atoms with E-state index >= 15 is 0 Å². The third-order valence-electron chi connectivity index (χ3n) is 2.76. The number of ether oxygens (including phenoxy) is 1. The minimum Gasteiger partial charge on any atom is -0.406 e. The van der Waals surface area contributed by atoms with Crippen LogP contribution in [-0.4, -0.2) is 29.9 Å². The number of hydrogen-bond acceptors (Lipinski definition) is 2. The van der Waals surface area contributed by atoms with Crippen LogP contribution < -0.4 is 4.74 Å². The van der Waals surface area contributed by atoms with Gasteiger partial charge in [-0.3, -0.25) is 4.79 Å². The Balaban J connectivity index is 1.97. The van der Waals surface area contributed by atoms with Gasteiger partial charge in [-0.05, 0) is 17.7 Å². The molecule has 1 amide bonds. The summed E-state index contributed by atoms with van der Waals surface area (Å²) in [6.07, 6.45) is -6.03. The molecule has 1 aromatic carbocycles. The molecular formula is C12H11F4NO2. The Morgan fingerprint density at radius 3 is 2.37 bits per heavy atom. The van der Waals surface area contributed by atoms with Crippen molar-refractivity contribution in [3.8, 4) is 5.75 Å². The maximum absolute atomic E-state index is 13.0. The topological polar surface area (TPSA) is 29.5 Å². The molecule has 1 aliphatic rings. The van der Waals surface area contributed by atoms with Crippen LogP contribution in [0.1, 0.15) is 12.0 Å². The molecule has 2 rings (SSSR count). The Kier molecular flexibility index (Phi) is 3.64. The lowest BCUT2D eigenvalue weighted by molar-refractivity contribution is -0.274. The predicted molar refractivity (Wildman–Crippen MR) is 58.1 cm³/mol. The highest BCUT2D eigenvalue weighted by Gasteiger charge is 2.32. The summed E-state index contributed by atoms with van der Waals surface area (Å²) < 4.78 is 52.5. The molecule has 1 saturated heterocycles. The molecule has 1 aromatic rings. The lowest BCUT2D eigenvalue weighted by atomic mass is 10.2. The summed E-state index contributed by atoms with van der Waals surface area (Å²) in [5, 5.41) is 0. The molecule has 1 unspecified atom stereocenters. The van der Waals surface area contributed by atoms with E-state index in [2.05, 4.69) is 4.74 Å². The summed E-state index contributed by atoms with van der Waals surface area (Å²) in [7, 11) is 0. The molecule has 104 valence electrons. The molecule has 0 bridgehead atoms. The summed E-state index contributed by atoms with van der Waals surface area (Å²) in [5.74, 6) is -0.900. The first kappa shape index (κ1) is 13.6. The van der Waals surface area contributed by atoms with Crippen LogP contribution in [0, 0.1) is 0 Å². The van der Waals surface area contributed by atoms with E-state index in [0.717, 1.165) is 12.1 Å². The summed E-state index contributed by atoms with van der Waals surface area (Å²) in [5.41, 5.74) is 0.622. The molecule has 0 N–H and O–H groups in total. The van der Waals surface area contributed by atoms with Crippen molar-refractivity contribution in [3.63, 3.8) is 0 Å². The number of halogens is 4. The Hall–Kier alpha value is -1.79. The van der Waals surface area contributed by atoms with Crippen molar-refractivity contribution in [2.24, 2.45) is 0 Å². The second-order valence-electron chi connectivity index (χ2n) is 4.21. The molecule has 1 aliphatic heterocycles. The van der Waals surface area contributed by atoms with E-state index in [1.807, 2.05) is 0 Å². The van der Waals surface area contributed by atoms with E-state index in [9.17, 15) is 22.4 Å². The zero-order valence-electron chi connectivity index (χ0n) is 9.78. The Labute approximate surface area is 106 Å². The van der Waals surface area contributed by atoms with Gasteiger partial charge in [-0.15, -0.1) is 13.2 Å². The van der Waals surface area contributed by atoms with Crippen molar-refractivity contribution in [1.29, 1.82) is 0 Å². The number of hydrogen-bond donors (Lipinski definition) is 0. The Morgan fingerprint density at radius 2 is 1.89 bits per heavy atom. The molecule has 0 aliphatic carbocycles. The van der Waals surface area contributed by atoms with Crippen LogP contribution in [-0.2, 0) is 11.3 Å². The highest BCUT2D eigenvalue weighted by Crippen LogP contribution is 2.24. The fourth-order valence-electron chi connectivity index (χ4n) is 1.87. The molecule has 7 heteroatoms. The molecule has 0 spiro atoms. The van der Waals surface area contributed by atoms with E-state index in [-0.39, 0.29) is 18.7 Å². The number of carbonyl (C=O) groups is 1. The van der Waals surface area contributed by atoms with Gasteiger partial charge in [0.1, 0.15) is 5.75 Å².